The number of hydrogen-bond acceptors (Lipinski definition) is 2. The molecule has 0 spiro atoms. The van der Waals surface area contributed by atoms with Gasteiger partial charge in [-0.2, -0.15) is 0 Å². The first-order chi connectivity index (χ1) is 6.24. The molecular weight excluding hydrogens is 164 g/mol. The van der Waals surface area contributed by atoms with Crippen LogP contribution in [0.5, 0.6) is 0 Å². The summed E-state index contributed by atoms with van der Waals surface area (Å²) in [6.45, 7) is 1.55. The summed E-state index contributed by atoms with van der Waals surface area (Å²) in [4.78, 5) is 11.0. The van der Waals surface area contributed by atoms with E-state index in [1.807, 2.05) is 12.1 Å². The number of rotatable bonds is 3. The average Bonchev–Trinajstić information content (AvgIpc) is 2.15. The van der Waals surface area contributed by atoms with E-state index < -0.39 is 0 Å². The van der Waals surface area contributed by atoms with Crippen LogP contribution in [0.4, 0.5) is 0 Å². The molecule has 1 aromatic rings. The molecule has 68 valence electrons. The SMILES string of the molecule is CC(=O)c1cccc(/C=C/CO)c1. The van der Waals surface area contributed by atoms with Gasteiger partial charge in [0.15, 0.2) is 5.78 Å². The molecule has 0 saturated carbocycles. The fraction of sp³-hybridized carbons (Fsp3) is 0.182. The number of carbonyl (C=O) groups excluding carboxylic acids is 1. The largest absolute Gasteiger partial charge is 0.392 e. The molecule has 2 heteroatoms. The molecule has 0 aliphatic heterocycles. The van der Waals surface area contributed by atoms with E-state index in [0.29, 0.717) is 5.56 Å². The standard InChI is InChI=1S/C11H12O2/c1-9(13)11-6-2-4-10(8-11)5-3-7-12/h2-6,8,12H,7H2,1H3/b5-3+. The maximum absolute atomic E-state index is 11.0. The van der Waals surface area contributed by atoms with E-state index >= 15 is 0 Å². The Kier molecular flexibility index (Phi) is 3.41. The average molecular weight is 176 g/mol. The molecule has 0 unspecified atom stereocenters. The zero-order valence-corrected chi connectivity index (χ0v) is 7.53. The molecule has 0 saturated heterocycles. The Labute approximate surface area is 77.5 Å². The molecule has 0 heterocycles. The molecule has 1 aromatic carbocycles. The topological polar surface area (TPSA) is 37.3 Å². The fourth-order valence-electron chi connectivity index (χ4n) is 1.05. The van der Waals surface area contributed by atoms with Crippen molar-refractivity contribution in [2.45, 2.75) is 6.92 Å². The summed E-state index contributed by atoms with van der Waals surface area (Å²) in [5.41, 5.74) is 1.63. The number of Topliss-reactive ketones (excluding diaryl/α,β-unsaturated/α-hetero) is 1. The minimum Gasteiger partial charge on any atom is -0.392 e. The first-order valence-electron chi connectivity index (χ1n) is 4.12. The zero-order valence-electron chi connectivity index (χ0n) is 7.53. The van der Waals surface area contributed by atoms with Crippen LogP contribution in [-0.4, -0.2) is 17.5 Å². The predicted molar refractivity (Wildman–Crippen MR) is 52.6 cm³/mol. The van der Waals surface area contributed by atoms with Crippen LogP contribution in [0.25, 0.3) is 6.08 Å². The van der Waals surface area contributed by atoms with Gasteiger partial charge in [0.1, 0.15) is 0 Å². The molecule has 13 heavy (non-hydrogen) atoms. The Morgan fingerprint density at radius 2 is 2.31 bits per heavy atom. The van der Waals surface area contributed by atoms with E-state index in [-0.39, 0.29) is 12.4 Å². The van der Waals surface area contributed by atoms with E-state index in [0.717, 1.165) is 5.56 Å². The summed E-state index contributed by atoms with van der Waals surface area (Å²) in [6.07, 6.45) is 3.42. The van der Waals surface area contributed by atoms with Gasteiger partial charge < -0.3 is 5.11 Å². The van der Waals surface area contributed by atoms with Crippen molar-refractivity contribution in [3.05, 3.63) is 41.5 Å². The van der Waals surface area contributed by atoms with Crippen molar-refractivity contribution in [2.75, 3.05) is 6.61 Å². The monoisotopic (exact) mass is 176 g/mol. The molecule has 0 fully saturated rings. The van der Waals surface area contributed by atoms with Gasteiger partial charge in [-0.3, -0.25) is 4.79 Å². The summed E-state index contributed by atoms with van der Waals surface area (Å²) in [5.74, 6) is 0.0549. The van der Waals surface area contributed by atoms with Gasteiger partial charge >= 0.3 is 0 Å². The Bertz CT molecular complexity index is 327. The lowest BCUT2D eigenvalue weighted by Crippen LogP contribution is -1.91. The van der Waals surface area contributed by atoms with Gasteiger partial charge in [-0.1, -0.05) is 30.4 Å². The van der Waals surface area contributed by atoms with Crippen molar-refractivity contribution in [2.24, 2.45) is 0 Å². The minimum absolute atomic E-state index is 0.0182. The van der Waals surface area contributed by atoms with Crippen molar-refractivity contribution >= 4 is 11.9 Å². The Hall–Kier alpha value is -1.41. The second kappa shape index (κ2) is 4.58. The van der Waals surface area contributed by atoms with Gasteiger partial charge in [-0.25, -0.2) is 0 Å². The summed E-state index contributed by atoms with van der Waals surface area (Å²) in [7, 11) is 0. The van der Waals surface area contributed by atoms with Gasteiger partial charge in [0, 0.05) is 5.56 Å². The van der Waals surface area contributed by atoms with Crippen molar-refractivity contribution in [1.82, 2.24) is 0 Å². The van der Waals surface area contributed by atoms with Gasteiger partial charge in [0.2, 0.25) is 0 Å². The number of ketones is 1. The second-order valence-corrected chi connectivity index (χ2v) is 2.77. The molecule has 0 bridgehead atoms. The summed E-state index contributed by atoms with van der Waals surface area (Å²) in [6, 6.07) is 7.29. The zero-order chi connectivity index (χ0) is 9.68. The normalized spacial score (nSPS) is 10.6. The van der Waals surface area contributed by atoms with Gasteiger partial charge in [-0.15, -0.1) is 0 Å². The van der Waals surface area contributed by atoms with E-state index in [2.05, 4.69) is 0 Å². The highest BCUT2D eigenvalue weighted by Gasteiger charge is 1.97. The molecule has 0 aromatic heterocycles. The fourth-order valence-corrected chi connectivity index (χ4v) is 1.05. The lowest BCUT2D eigenvalue weighted by Gasteiger charge is -1.96. The summed E-state index contributed by atoms with van der Waals surface area (Å²) < 4.78 is 0. The lowest BCUT2D eigenvalue weighted by molar-refractivity contribution is 0.101. The second-order valence-electron chi connectivity index (χ2n) is 2.77. The van der Waals surface area contributed by atoms with Crippen LogP contribution in [0, 0.1) is 0 Å². The van der Waals surface area contributed by atoms with E-state index in [4.69, 9.17) is 5.11 Å². The van der Waals surface area contributed by atoms with E-state index in [1.54, 1.807) is 24.3 Å². The first kappa shape index (κ1) is 9.68. The molecular formula is C11H12O2. The first-order valence-corrected chi connectivity index (χ1v) is 4.12. The molecule has 0 aliphatic rings. The highest BCUT2D eigenvalue weighted by molar-refractivity contribution is 5.94. The highest BCUT2D eigenvalue weighted by atomic mass is 16.2. The molecule has 1 rings (SSSR count). The third-order valence-corrected chi connectivity index (χ3v) is 1.71. The van der Waals surface area contributed by atoms with Crippen molar-refractivity contribution in [3.63, 3.8) is 0 Å². The number of hydrogen-bond donors (Lipinski definition) is 1. The molecule has 2 nitrogen and oxygen atoms in total. The molecule has 0 amide bonds. The smallest absolute Gasteiger partial charge is 0.159 e. The van der Waals surface area contributed by atoms with Crippen molar-refractivity contribution in [3.8, 4) is 0 Å². The van der Waals surface area contributed by atoms with Gasteiger partial charge in [0.05, 0.1) is 6.61 Å². The number of benzene rings is 1. The van der Waals surface area contributed by atoms with Crippen LogP contribution in [0.2, 0.25) is 0 Å². The minimum atomic E-state index is 0.0182. The number of aliphatic hydroxyl groups excluding tert-OH is 1. The van der Waals surface area contributed by atoms with Crippen molar-refractivity contribution in [1.29, 1.82) is 0 Å². The van der Waals surface area contributed by atoms with Crippen LogP contribution >= 0.6 is 0 Å². The molecule has 0 aliphatic carbocycles. The number of carbonyl (C=O) groups is 1. The van der Waals surface area contributed by atoms with Gasteiger partial charge in [-0.05, 0) is 18.6 Å². The Morgan fingerprint density at radius 1 is 1.54 bits per heavy atom. The van der Waals surface area contributed by atoms with Crippen LogP contribution in [0.1, 0.15) is 22.8 Å². The van der Waals surface area contributed by atoms with E-state index in [9.17, 15) is 4.79 Å². The molecule has 0 radical (unpaired) electrons. The molecule has 1 N–H and O–H groups in total. The van der Waals surface area contributed by atoms with Crippen LogP contribution in [0.3, 0.4) is 0 Å². The number of aliphatic hydroxyl groups is 1. The highest BCUT2D eigenvalue weighted by Crippen LogP contribution is 2.07. The maximum Gasteiger partial charge on any atom is 0.159 e. The van der Waals surface area contributed by atoms with E-state index in [1.165, 1.54) is 6.92 Å². The Morgan fingerprint density at radius 3 is 2.92 bits per heavy atom. The van der Waals surface area contributed by atoms with Crippen LogP contribution in [0.15, 0.2) is 30.3 Å². The lowest BCUT2D eigenvalue weighted by atomic mass is 10.1. The van der Waals surface area contributed by atoms with Gasteiger partial charge in [0.25, 0.3) is 0 Å². The third-order valence-electron chi connectivity index (χ3n) is 1.71. The quantitative estimate of drug-likeness (QED) is 0.714. The molecule has 0 atom stereocenters. The summed E-state index contributed by atoms with van der Waals surface area (Å²) in [5, 5.41) is 8.55. The van der Waals surface area contributed by atoms with Crippen LogP contribution in [-0.2, 0) is 0 Å². The predicted octanol–water partition coefficient (Wildman–Crippen LogP) is 1.89. The third kappa shape index (κ3) is 2.84. The Balaban J connectivity index is 2.92. The maximum atomic E-state index is 11.0. The van der Waals surface area contributed by atoms with Crippen LogP contribution < -0.4 is 0 Å². The van der Waals surface area contributed by atoms with Crippen molar-refractivity contribution < 1.29 is 9.90 Å². The summed E-state index contributed by atoms with van der Waals surface area (Å²) >= 11 is 0.